The van der Waals surface area contributed by atoms with Crippen LogP contribution in [0.2, 0.25) is 5.02 Å². The van der Waals surface area contributed by atoms with Gasteiger partial charge in [-0.2, -0.15) is 4.98 Å². The van der Waals surface area contributed by atoms with Crippen LogP contribution in [0, 0.1) is 11.2 Å². The average Bonchev–Trinajstić information content (AvgIpc) is 2.75. The highest BCUT2D eigenvalue weighted by Crippen LogP contribution is 2.30. The molecule has 0 radical (unpaired) electrons. The zero-order valence-corrected chi connectivity index (χ0v) is 11.7. The molecule has 2 rings (SSSR count). The topological polar surface area (TPSA) is 64.9 Å². The maximum atomic E-state index is 13.7. The smallest absolute Gasteiger partial charge is 0.260 e. The van der Waals surface area contributed by atoms with Crippen molar-refractivity contribution in [2.45, 2.75) is 26.8 Å². The van der Waals surface area contributed by atoms with Crippen molar-refractivity contribution in [1.82, 2.24) is 10.1 Å². The van der Waals surface area contributed by atoms with E-state index in [1.807, 2.05) is 20.8 Å². The molecule has 0 aliphatic carbocycles. The van der Waals surface area contributed by atoms with Gasteiger partial charge in [-0.15, -0.1) is 0 Å². The van der Waals surface area contributed by atoms with Crippen molar-refractivity contribution in [2.75, 3.05) is 0 Å². The van der Waals surface area contributed by atoms with E-state index < -0.39 is 5.82 Å². The summed E-state index contributed by atoms with van der Waals surface area (Å²) < 4.78 is 18.8. The van der Waals surface area contributed by atoms with Crippen LogP contribution in [-0.4, -0.2) is 10.1 Å². The maximum absolute atomic E-state index is 13.7. The lowest BCUT2D eigenvalue weighted by molar-refractivity contribution is 0.303. The fraction of sp³-hybridized carbons (Fsp3) is 0.385. The van der Waals surface area contributed by atoms with E-state index in [9.17, 15) is 4.39 Å². The second kappa shape index (κ2) is 4.90. The zero-order chi connectivity index (χ0) is 14.2. The molecule has 6 heteroatoms. The van der Waals surface area contributed by atoms with Crippen molar-refractivity contribution in [3.8, 4) is 11.5 Å². The van der Waals surface area contributed by atoms with Crippen molar-refractivity contribution >= 4 is 11.6 Å². The van der Waals surface area contributed by atoms with Gasteiger partial charge in [-0.3, -0.25) is 0 Å². The maximum Gasteiger partial charge on any atom is 0.260 e. The van der Waals surface area contributed by atoms with Crippen LogP contribution >= 0.6 is 11.6 Å². The predicted octanol–water partition coefficient (Wildman–Crippen LogP) is 3.58. The summed E-state index contributed by atoms with van der Waals surface area (Å²) >= 11 is 5.69. The fourth-order valence-electron chi connectivity index (χ4n) is 1.52. The lowest BCUT2D eigenvalue weighted by Gasteiger charge is -2.23. The van der Waals surface area contributed by atoms with Gasteiger partial charge in [0.1, 0.15) is 5.82 Å². The molecule has 102 valence electrons. The van der Waals surface area contributed by atoms with Crippen LogP contribution in [0.25, 0.3) is 11.5 Å². The first-order valence-electron chi connectivity index (χ1n) is 5.83. The van der Waals surface area contributed by atoms with Crippen LogP contribution in [0.3, 0.4) is 0 Å². The van der Waals surface area contributed by atoms with Crippen molar-refractivity contribution in [3.63, 3.8) is 0 Å². The molecule has 0 saturated heterocycles. The van der Waals surface area contributed by atoms with Crippen molar-refractivity contribution in [2.24, 2.45) is 11.1 Å². The van der Waals surface area contributed by atoms with Gasteiger partial charge in [0.15, 0.2) is 5.82 Å². The first kappa shape index (κ1) is 14.0. The van der Waals surface area contributed by atoms with Crippen LogP contribution in [0.1, 0.15) is 32.6 Å². The molecule has 0 spiro atoms. The standard InChI is InChI=1S/C13H15ClFN3O/c1-13(2,3)10(16)11-17-12(19-18-11)8-5-4-7(14)6-9(8)15/h4-6,10H,16H2,1-3H3. The highest BCUT2D eigenvalue weighted by molar-refractivity contribution is 6.30. The Labute approximate surface area is 115 Å². The van der Waals surface area contributed by atoms with E-state index in [0.29, 0.717) is 10.8 Å². The first-order valence-corrected chi connectivity index (χ1v) is 6.21. The van der Waals surface area contributed by atoms with E-state index in [1.54, 1.807) is 6.07 Å². The van der Waals surface area contributed by atoms with Gasteiger partial charge in [0.2, 0.25) is 0 Å². The molecule has 0 amide bonds. The van der Waals surface area contributed by atoms with Gasteiger partial charge in [0, 0.05) is 5.02 Å². The number of nitrogens with zero attached hydrogens (tertiary/aromatic N) is 2. The third-order valence-electron chi connectivity index (χ3n) is 2.81. The Morgan fingerprint density at radius 1 is 1.37 bits per heavy atom. The number of hydrogen-bond donors (Lipinski definition) is 1. The largest absolute Gasteiger partial charge is 0.334 e. The van der Waals surface area contributed by atoms with E-state index in [-0.39, 0.29) is 22.9 Å². The van der Waals surface area contributed by atoms with Crippen LogP contribution in [0.5, 0.6) is 0 Å². The molecular formula is C13H15ClFN3O. The highest BCUT2D eigenvalue weighted by Gasteiger charge is 2.27. The summed E-state index contributed by atoms with van der Waals surface area (Å²) in [6.45, 7) is 5.91. The van der Waals surface area contributed by atoms with E-state index in [0.717, 1.165) is 0 Å². The van der Waals surface area contributed by atoms with Gasteiger partial charge >= 0.3 is 0 Å². The summed E-state index contributed by atoms with van der Waals surface area (Å²) in [5.41, 5.74) is 6.03. The van der Waals surface area contributed by atoms with Crippen molar-refractivity contribution in [1.29, 1.82) is 0 Å². The predicted molar refractivity (Wildman–Crippen MR) is 71.1 cm³/mol. The third-order valence-corrected chi connectivity index (χ3v) is 3.05. The van der Waals surface area contributed by atoms with Crippen molar-refractivity contribution in [3.05, 3.63) is 34.9 Å². The molecular weight excluding hydrogens is 269 g/mol. The van der Waals surface area contributed by atoms with Gasteiger partial charge in [0.25, 0.3) is 5.89 Å². The number of halogens is 2. The molecule has 1 unspecified atom stereocenters. The minimum absolute atomic E-state index is 0.101. The van der Waals surface area contributed by atoms with Gasteiger partial charge in [-0.25, -0.2) is 4.39 Å². The number of benzene rings is 1. The number of aromatic nitrogens is 2. The molecule has 1 aromatic carbocycles. The SMILES string of the molecule is CC(C)(C)C(N)c1noc(-c2ccc(Cl)cc2F)n1. The molecule has 2 N–H and O–H groups in total. The zero-order valence-electron chi connectivity index (χ0n) is 10.9. The molecule has 0 fully saturated rings. The molecule has 1 atom stereocenters. The van der Waals surface area contributed by atoms with E-state index in [1.165, 1.54) is 12.1 Å². The highest BCUT2D eigenvalue weighted by atomic mass is 35.5. The summed E-state index contributed by atoms with van der Waals surface area (Å²) in [6, 6.07) is 3.87. The second-order valence-corrected chi connectivity index (χ2v) is 5.86. The fourth-order valence-corrected chi connectivity index (χ4v) is 1.68. The summed E-state index contributed by atoms with van der Waals surface area (Å²) in [6.07, 6.45) is 0. The minimum atomic E-state index is -0.507. The Hall–Kier alpha value is -1.46. The van der Waals surface area contributed by atoms with Crippen LogP contribution < -0.4 is 5.73 Å². The Morgan fingerprint density at radius 3 is 2.63 bits per heavy atom. The van der Waals surface area contributed by atoms with Gasteiger partial charge in [0.05, 0.1) is 11.6 Å². The Kier molecular flexibility index (Phi) is 3.60. The third kappa shape index (κ3) is 2.93. The molecule has 0 bridgehead atoms. The number of nitrogens with two attached hydrogens (primary N) is 1. The monoisotopic (exact) mass is 283 g/mol. The van der Waals surface area contributed by atoms with E-state index in [2.05, 4.69) is 10.1 Å². The Bertz CT molecular complexity index is 592. The van der Waals surface area contributed by atoms with E-state index >= 15 is 0 Å². The molecule has 1 aromatic heterocycles. The summed E-state index contributed by atoms with van der Waals surface area (Å²) in [5, 5.41) is 4.12. The number of rotatable bonds is 2. The molecule has 4 nitrogen and oxygen atoms in total. The number of hydrogen-bond acceptors (Lipinski definition) is 4. The second-order valence-electron chi connectivity index (χ2n) is 5.43. The summed E-state index contributed by atoms with van der Waals surface area (Å²) in [5.74, 6) is -0.0484. The first-order chi connectivity index (χ1) is 8.79. The normalized spacial score (nSPS) is 13.6. The molecule has 0 aliphatic heterocycles. The van der Waals surface area contributed by atoms with Crippen LogP contribution in [0.15, 0.2) is 22.7 Å². The summed E-state index contributed by atoms with van der Waals surface area (Å²) in [4.78, 5) is 4.15. The van der Waals surface area contributed by atoms with Gasteiger partial charge in [-0.1, -0.05) is 37.5 Å². The lowest BCUT2D eigenvalue weighted by Crippen LogP contribution is -2.27. The summed E-state index contributed by atoms with van der Waals surface area (Å²) in [7, 11) is 0. The van der Waals surface area contributed by atoms with Gasteiger partial charge < -0.3 is 10.3 Å². The van der Waals surface area contributed by atoms with Crippen molar-refractivity contribution < 1.29 is 8.91 Å². The Balaban J connectivity index is 2.36. The molecule has 0 aliphatic rings. The molecule has 1 heterocycles. The van der Waals surface area contributed by atoms with Crippen LogP contribution in [0.4, 0.5) is 4.39 Å². The minimum Gasteiger partial charge on any atom is -0.334 e. The molecule has 19 heavy (non-hydrogen) atoms. The van der Waals surface area contributed by atoms with Crippen LogP contribution in [-0.2, 0) is 0 Å². The molecule has 2 aromatic rings. The quantitative estimate of drug-likeness (QED) is 0.915. The van der Waals surface area contributed by atoms with Gasteiger partial charge in [-0.05, 0) is 23.6 Å². The average molecular weight is 284 g/mol. The lowest BCUT2D eigenvalue weighted by atomic mass is 9.87. The molecule has 0 saturated carbocycles. The Morgan fingerprint density at radius 2 is 2.05 bits per heavy atom. The van der Waals surface area contributed by atoms with E-state index in [4.69, 9.17) is 21.9 Å².